The van der Waals surface area contributed by atoms with Crippen molar-refractivity contribution in [3.63, 3.8) is 0 Å². The largest absolute Gasteiger partial charge is 0.368 e. The van der Waals surface area contributed by atoms with Gasteiger partial charge >= 0.3 is 0 Å². The Kier molecular flexibility index (Phi) is 3.77. The molecule has 0 saturated carbocycles. The predicted octanol–water partition coefficient (Wildman–Crippen LogP) is -0.646. The maximum atomic E-state index is 11.4. The van der Waals surface area contributed by atoms with Crippen LogP contribution >= 0.6 is 0 Å². The monoisotopic (exact) mass is 283 g/mol. The third kappa shape index (κ3) is 3.05. The normalized spacial score (nSPS) is 20.3. The summed E-state index contributed by atoms with van der Waals surface area (Å²) in [6, 6.07) is 6.10. The number of carbonyl (C=O) groups is 1. The van der Waals surface area contributed by atoms with Crippen LogP contribution in [0.2, 0.25) is 0 Å². The first-order valence-electron chi connectivity index (χ1n) is 5.96. The van der Waals surface area contributed by atoms with Gasteiger partial charge in [0.15, 0.2) is 9.84 Å². The smallest absolute Gasteiger partial charge is 0.241 e. The number of anilines is 1. The lowest BCUT2D eigenvalue weighted by molar-refractivity contribution is -0.119. The van der Waals surface area contributed by atoms with Gasteiger partial charge in [-0.2, -0.15) is 0 Å². The summed E-state index contributed by atoms with van der Waals surface area (Å²) in [4.78, 5) is 13.6. The third-order valence-electron chi connectivity index (χ3n) is 3.17. The maximum Gasteiger partial charge on any atom is 0.241 e. The van der Waals surface area contributed by atoms with Crippen LogP contribution < -0.4 is 16.0 Å². The molecule has 0 spiro atoms. The van der Waals surface area contributed by atoms with Gasteiger partial charge in [-0.25, -0.2) is 8.42 Å². The van der Waals surface area contributed by atoms with E-state index >= 15 is 0 Å². The molecule has 1 fully saturated rings. The van der Waals surface area contributed by atoms with Crippen LogP contribution in [0.5, 0.6) is 0 Å². The van der Waals surface area contributed by atoms with Gasteiger partial charge < -0.3 is 16.0 Å². The van der Waals surface area contributed by atoms with Crippen molar-refractivity contribution in [3.8, 4) is 0 Å². The van der Waals surface area contributed by atoms with Crippen LogP contribution in [-0.4, -0.2) is 46.3 Å². The fourth-order valence-corrected chi connectivity index (χ4v) is 2.78. The molecule has 1 aliphatic rings. The summed E-state index contributed by atoms with van der Waals surface area (Å²) >= 11 is 0. The molecular weight excluding hydrogens is 266 g/mol. The molecule has 1 saturated heterocycles. The number of nitrogens with two attached hydrogens (primary N) is 1. The first kappa shape index (κ1) is 13.8. The van der Waals surface area contributed by atoms with Gasteiger partial charge in [0.1, 0.15) is 6.04 Å². The Morgan fingerprint density at radius 1 is 1.37 bits per heavy atom. The molecule has 0 aliphatic carbocycles. The zero-order valence-electron chi connectivity index (χ0n) is 10.7. The van der Waals surface area contributed by atoms with Crippen LogP contribution in [0, 0.1) is 0 Å². The highest BCUT2D eigenvalue weighted by atomic mass is 32.2. The van der Waals surface area contributed by atoms with E-state index in [9.17, 15) is 13.2 Å². The van der Waals surface area contributed by atoms with Crippen molar-refractivity contribution in [2.24, 2.45) is 5.73 Å². The van der Waals surface area contributed by atoms with Gasteiger partial charge in [0.25, 0.3) is 0 Å². The quantitative estimate of drug-likeness (QED) is 0.769. The Bertz CT molecular complexity index is 568. The minimum atomic E-state index is -3.20. The molecule has 1 atom stereocenters. The minimum Gasteiger partial charge on any atom is -0.368 e. The van der Waals surface area contributed by atoms with Gasteiger partial charge in [-0.3, -0.25) is 4.79 Å². The van der Waals surface area contributed by atoms with E-state index in [1.54, 1.807) is 24.3 Å². The van der Waals surface area contributed by atoms with E-state index < -0.39 is 15.9 Å². The highest BCUT2D eigenvalue weighted by Crippen LogP contribution is 2.20. The Labute approximate surface area is 112 Å². The van der Waals surface area contributed by atoms with Gasteiger partial charge in [0.05, 0.1) is 4.90 Å². The molecule has 1 aliphatic heterocycles. The van der Waals surface area contributed by atoms with Gasteiger partial charge in [0.2, 0.25) is 5.91 Å². The van der Waals surface area contributed by atoms with E-state index in [1.165, 1.54) is 6.26 Å². The highest BCUT2D eigenvalue weighted by molar-refractivity contribution is 7.90. The molecule has 3 N–H and O–H groups in total. The fraction of sp³-hybridized carbons (Fsp3) is 0.417. The van der Waals surface area contributed by atoms with E-state index in [1.807, 2.05) is 4.90 Å². The van der Waals surface area contributed by atoms with E-state index in [0.29, 0.717) is 13.1 Å². The molecule has 2 rings (SSSR count). The number of primary amides is 1. The molecule has 1 amide bonds. The average molecular weight is 283 g/mol. The Morgan fingerprint density at radius 2 is 2.00 bits per heavy atom. The van der Waals surface area contributed by atoms with Crippen LogP contribution in [0.25, 0.3) is 0 Å². The lowest BCUT2D eigenvalue weighted by Crippen LogP contribution is -2.57. The Hall–Kier alpha value is -1.60. The predicted molar refractivity (Wildman–Crippen MR) is 72.7 cm³/mol. The number of amides is 1. The second-order valence-corrected chi connectivity index (χ2v) is 6.60. The number of nitrogens with one attached hydrogen (secondary N) is 1. The third-order valence-corrected chi connectivity index (χ3v) is 4.30. The topological polar surface area (TPSA) is 92.5 Å². The molecule has 0 bridgehead atoms. The van der Waals surface area contributed by atoms with E-state index in [0.717, 1.165) is 12.2 Å². The van der Waals surface area contributed by atoms with Crippen molar-refractivity contribution in [1.82, 2.24) is 5.32 Å². The second kappa shape index (κ2) is 5.18. The number of hydrogen-bond donors (Lipinski definition) is 2. The molecule has 1 unspecified atom stereocenters. The summed E-state index contributed by atoms with van der Waals surface area (Å²) in [7, 11) is -3.20. The second-order valence-electron chi connectivity index (χ2n) is 4.58. The number of nitrogens with zero attached hydrogens (tertiary/aromatic N) is 1. The lowest BCUT2D eigenvalue weighted by Gasteiger charge is -2.36. The number of hydrogen-bond acceptors (Lipinski definition) is 5. The highest BCUT2D eigenvalue weighted by Gasteiger charge is 2.26. The first-order chi connectivity index (χ1) is 8.89. The molecule has 1 aromatic carbocycles. The summed E-state index contributed by atoms with van der Waals surface area (Å²) in [6.45, 7) is 1.92. The molecule has 19 heavy (non-hydrogen) atoms. The van der Waals surface area contributed by atoms with E-state index in [4.69, 9.17) is 5.73 Å². The molecule has 1 aromatic rings. The molecule has 1 heterocycles. The van der Waals surface area contributed by atoms with Crippen molar-refractivity contribution in [2.75, 3.05) is 30.8 Å². The maximum absolute atomic E-state index is 11.4. The molecule has 0 aromatic heterocycles. The molecule has 0 radical (unpaired) electrons. The van der Waals surface area contributed by atoms with E-state index in [2.05, 4.69) is 5.32 Å². The number of piperazine rings is 1. The summed E-state index contributed by atoms with van der Waals surface area (Å²) in [6.07, 6.45) is 1.17. The lowest BCUT2D eigenvalue weighted by atomic mass is 10.1. The summed E-state index contributed by atoms with van der Waals surface area (Å²) < 4.78 is 22.8. The average Bonchev–Trinajstić information content (AvgIpc) is 2.38. The van der Waals surface area contributed by atoms with Gasteiger partial charge in [0, 0.05) is 31.6 Å². The molecule has 6 nitrogen and oxygen atoms in total. The van der Waals surface area contributed by atoms with Crippen LogP contribution in [0.3, 0.4) is 0 Å². The van der Waals surface area contributed by atoms with Crippen molar-refractivity contribution >= 4 is 21.4 Å². The molecule has 104 valence electrons. The van der Waals surface area contributed by atoms with Crippen LogP contribution in [0.1, 0.15) is 0 Å². The van der Waals surface area contributed by atoms with Crippen LogP contribution in [0.4, 0.5) is 5.69 Å². The van der Waals surface area contributed by atoms with Crippen molar-refractivity contribution in [1.29, 1.82) is 0 Å². The van der Waals surface area contributed by atoms with Crippen molar-refractivity contribution < 1.29 is 13.2 Å². The van der Waals surface area contributed by atoms with Crippen molar-refractivity contribution in [2.45, 2.75) is 10.9 Å². The fourth-order valence-electron chi connectivity index (χ4n) is 2.15. The Balaban J connectivity index is 2.28. The number of benzene rings is 1. The van der Waals surface area contributed by atoms with Crippen LogP contribution in [-0.2, 0) is 14.6 Å². The zero-order valence-corrected chi connectivity index (χ0v) is 11.5. The molecular formula is C12H17N3O3S. The van der Waals surface area contributed by atoms with E-state index in [-0.39, 0.29) is 10.8 Å². The first-order valence-corrected chi connectivity index (χ1v) is 7.85. The SMILES string of the molecule is CS(=O)(=O)c1ccc(N2CCNCC2C(N)=O)cc1. The summed E-state index contributed by atoms with van der Waals surface area (Å²) in [5.41, 5.74) is 6.18. The summed E-state index contributed by atoms with van der Waals surface area (Å²) in [5, 5.41) is 3.11. The molecule has 7 heteroatoms. The van der Waals surface area contributed by atoms with Gasteiger partial charge in [-0.1, -0.05) is 0 Å². The van der Waals surface area contributed by atoms with Crippen LogP contribution in [0.15, 0.2) is 29.2 Å². The minimum absolute atomic E-state index is 0.266. The van der Waals surface area contributed by atoms with Crippen molar-refractivity contribution in [3.05, 3.63) is 24.3 Å². The van der Waals surface area contributed by atoms with Gasteiger partial charge in [-0.05, 0) is 24.3 Å². The van der Waals surface area contributed by atoms with Gasteiger partial charge in [-0.15, -0.1) is 0 Å². The summed E-state index contributed by atoms with van der Waals surface area (Å²) in [5.74, 6) is -0.389. The Morgan fingerprint density at radius 3 is 2.53 bits per heavy atom. The standard InChI is InChI=1S/C12H17N3O3S/c1-19(17,18)10-4-2-9(3-5-10)15-7-6-14-8-11(15)12(13)16/h2-5,11,14H,6-8H2,1H3,(H2,13,16). The number of carbonyl (C=O) groups excluding carboxylic acids is 1. The number of sulfone groups is 1. The number of rotatable bonds is 3. The zero-order chi connectivity index (χ0) is 14.0.